The Morgan fingerprint density at radius 3 is 2.58 bits per heavy atom. The van der Waals surface area contributed by atoms with Crippen molar-refractivity contribution in [1.29, 1.82) is 0 Å². The van der Waals surface area contributed by atoms with Crippen LogP contribution in [-0.2, 0) is 4.79 Å². The summed E-state index contributed by atoms with van der Waals surface area (Å²) in [6.07, 6.45) is 2.19. The van der Waals surface area contributed by atoms with Gasteiger partial charge in [0, 0.05) is 12.1 Å². The first-order valence-corrected chi connectivity index (χ1v) is 6.55. The normalized spacial score (nSPS) is 14.2. The molecule has 4 heteroatoms. The van der Waals surface area contributed by atoms with Crippen LogP contribution in [0.25, 0.3) is 0 Å². The number of carbonyl (C=O) groups excluding carboxylic acids is 1. The van der Waals surface area contributed by atoms with Crippen LogP contribution >= 0.6 is 0 Å². The van der Waals surface area contributed by atoms with E-state index >= 15 is 0 Å². The molecule has 0 saturated heterocycles. The zero-order chi connectivity index (χ0) is 14.0. The molecule has 102 valence electrons. The van der Waals surface area contributed by atoms with Crippen molar-refractivity contribution in [2.45, 2.75) is 26.7 Å². The van der Waals surface area contributed by atoms with Crippen molar-refractivity contribution in [2.75, 3.05) is 13.1 Å². The fourth-order valence-corrected chi connectivity index (χ4v) is 2.13. The van der Waals surface area contributed by atoms with Crippen LogP contribution in [-0.4, -0.2) is 35.0 Å². The van der Waals surface area contributed by atoms with Crippen LogP contribution in [0, 0.1) is 19.8 Å². The van der Waals surface area contributed by atoms with Crippen LogP contribution in [0.3, 0.4) is 0 Å². The second-order valence-corrected chi connectivity index (χ2v) is 5.34. The highest BCUT2D eigenvalue weighted by atomic mass is 16.4. The fraction of sp³-hybridized carbons (Fsp3) is 0.467. The molecule has 0 bridgehead atoms. The summed E-state index contributed by atoms with van der Waals surface area (Å²) in [5.74, 6) is -0.650. The van der Waals surface area contributed by atoms with E-state index in [-0.39, 0.29) is 12.5 Å². The third-order valence-corrected chi connectivity index (χ3v) is 3.41. The first-order chi connectivity index (χ1) is 8.97. The van der Waals surface area contributed by atoms with Gasteiger partial charge < -0.3 is 10.0 Å². The molecular weight excluding hydrogens is 242 g/mol. The molecule has 0 atom stereocenters. The van der Waals surface area contributed by atoms with E-state index < -0.39 is 5.97 Å². The summed E-state index contributed by atoms with van der Waals surface area (Å²) in [4.78, 5) is 24.8. The lowest BCUT2D eigenvalue weighted by Crippen LogP contribution is -2.37. The van der Waals surface area contributed by atoms with Gasteiger partial charge in [0.1, 0.15) is 6.54 Å². The van der Waals surface area contributed by atoms with Gasteiger partial charge in [-0.25, -0.2) is 0 Å². The standard InChI is InChI=1S/C15H19NO3/c1-10-3-4-11(2)13(7-10)15(19)16(9-14(17)18)8-12-5-6-12/h3-4,7,12H,5-6,8-9H2,1-2H3,(H,17,18). The van der Waals surface area contributed by atoms with Crippen molar-refractivity contribution in [3.63, 3.8) is 0 Å². The average molecular weight is 261 g/mol. The minimum atomic E-state index is -0.959. The maximum atomic E-state index is 12.5. The summed E-state index contributed by atoms with van der Waals surface area (Å²) in [6, 6.07) is 5.69. The van der Waals surface area contributed by atoms with Gasteiger partial charge in [0.05, 0.1) is 0 Å². The SMILES string of the molecule is Cc1ccc(C)c(C(=O)N(CC(=O)O)CC2CC2)c1. The van der Waals surface area contributed by atoms with Crippen molar-refractivity contribution < 1.29 is 14.7 Å². The second-order valence-electron chi connectivity index (χ2n) is 5.34. The van der Waals surface area contributed by atoms with E-state index in [2.05, 4.69) is 0 Å². The molecule has 0 unspecified atom stereocenters. The highest BCUT2D eigenvalue weighted by molar-refractivity contribution is 5.97. The average Bonchev–Trinajstić information content (AvgIpc) is 3.14. The zero-order valence-corrected chi connectivity index (χ0v) is 11.3. The lowest BCUT2D eigenvalue weighted by molar-refractivity contribution is -0.137. The molecular formula is C15H19NO3. The molecule has 2 rings (SSSR count). The Balaban J connectivity index is 2.21. The van der Waals surface area contributed by atoms with Gasteiger partial charge in [0.25, 0.3) is 5.91 Å². The van der Waals surface area contributed by atoms with Gasteiger partial charge in [0.2, 0.25) is 0 Å². The van der Waals surface area contributed by atoms with Crippen LogP contribution in [0.2, 0.25) is 0 Å². The molecule has 19 heavy (non-hydrogen) atoms. The molecule has 0 aliphatic heterocycles. The molecule has 1 aliphatic rings. The number of carboxylic acids is 1. The lowest BCUT2D eigenvalue weighted by atomic mass is 10.0. The van der Waals surface area contributed by atoms with Crippen molar-refractivity contribution >= 4 is 11.9 Å². The number of aliphatic carboxylic acids is 1. The van der Waals surface area contributed by atoms with Crippen molar-refractivity contribution in [1.82, 2.24) is 4.90 Å². The number of carbonyl (C=O) groups is 2. The van der Waals surface area contributed by atoms with Crippen LogP contribution in [0.1, 0.15) is 34.3 Å². The minimum Gasteiger partial charge on any atom is -0.480 e. The zero-order valence-electron chi connectivity index (χ0n) is 11.3. The summed E-state index contributed by atoms with van der Waals surface area (Å²) in [5.41, 5.74) is 2.51. The Hall–Kier alpha value is -1.84. The van der Waals surface area contributed by atoms with Gasteiger partial charge in [-0.2, -0.15) is 0 Å². The van der Waals surface area contributed by atoms with Gasteiger partial charge in [-0.05, 0) is 44.2 Å². The summed E-state index contributed by atoms with van der Waals surface area (Å²) < 4.78 is 0. The Bertz CT molecular complexity index is 506. The largest absolute Gasteiger partial charge is 0.480 e. The third kappa shape index (κ3) is 3.56. The Morgan fingerprint density at radius 2 is 2.00 bits per heavy atom. The molecule has 4 nitrogen and oxygen atoms in total. The van der Waals surface area contributed by atoms with Crippen LogP contribution in [0.4, 0.5) is 0 Å². The number of carboxylic acid groups (broad SMARTS) is 1. The predicted octanol–water partition coefficient (Wildman–Crippen LogP) is 2.24. The van der Waals surface area contributed by atoms with Gasteiger partial charge in [-0.3, -0.25) is 9.59 Å². The van der Waals surface area contributed by atoms with Crippen LogP contribution in [0.15, 0.2) is 18.2 Å². The summed E-state index contributed by atoms with van der Waals surface area (Å²) >= 11 is 0. The number of benzene rings is 1. The quantitative estimate of drug-likeness (QED) is 0.884. The Kier molecular flexibility index (Phi) is 3.88. The van der Waals surface area contributed by atoms with Crippen LogP contribution in [0.5, 0.6) is 0 Å². The molecule has 0 radical (unpaired) electrons. The first kappa shape index (κ1) is 13.6. The van der Waals surface area contributed by atoms with E-state index in [9.17, 15) is 9.59 Å². The van der Waals surface area contributed by atoms with Crippen molar-refractivity contribution in [2.24, 2.45) is 5.92 Å². The number of hydrogen-bond acceptors (Lipinski definition) is 2. The predicted molar refractivity (Wildman–Crippen MR) is 72.2 cm³/mol. The number of rotatable bonds is 5. The molecule has 0 heterocycles. The van der Waals surface area contributed by atoms with Gasteiger partial charge in [0.15, 0.2) is 0 Å². The number of nitrogens with zero attached hydrogens (tertiary/aromatic N) is 1. The molecule has 1 aliphatic carbocycles. The maximum Gasteiger partial charge on any atom is 0.323 e. The lowest BCUT2D eigenvalue weighted by Gasteiger charge is -2.21. The topological polar surface area (TPSA) is 57.6 Å². The molecule has 1 fully saturated rings. The molecule has 1 amide bonds. The molecule has 0 spiro atoms. The van der Waals surface area contributed by atoms with E-state index in [1.54, 1.807) is 0 Å². The molecule has 1 aromatic rings. The molecule has 0 aromatic heterocycles. The Morgan fingerprint density at radius 1 is 1.32 bits per heavy atom. The fourth-order valence-electron chi connectivity index (χ4n) is 2.13. The Labute approximate surface area is 113 Å². The van der Waals surface area contributed by atoms with E-state index in [1.807, 2.05) is 32.0 Å². The van der Waals surface area contributed by atoms with Gasteiger partial charge in [-0.1, -0.05) is 17.7 Å². The maximum absolute atomic E-state index is 12.5. The van der Waals surface area contributed by atoms with E-state index in [0.29, 0.717) is 18.0 Å². The van der Waals surface area contributed by atoms with E-state index in [0.717, 1.165) is 24.0 Å². The van der Waals surface area contributed by atoms with Crippen molar-refractivity contribution in [3.05, 3.63) is 34.9 Å². The highest BCUT2D eigenvalue weighted by Crippen LogP contribution is 2.30. The summed E-state index contributed by atoms with van der Waals surface area (Å²) in [7, 11) is 0. The first-order valence-electron chi connectivity index (χ1n) is 6.55. The molecule has 1 N–H and O–H groups in total. The van der Waals surface area contributed by atoms with Crippen LogP contribution < -0.4 is 0 Å². The number of hydrogen-bond donors (Lipinski definition) is 1. The van der Waals surface area contributed by atoms with E-state index in [1.165, 1.54) is 4.90 Å². The molecule has 1 aromatic carbocycles. The summed E-state index contributed by atoms with van der Waals surface area (Å²) in [6.45, 7) is 4.14. The third-order valence-electron chi connectivity index (χ3n) is 3.41. The smallest absolute Gasteiger partial charge is 0.323 e. The number of amides is 1. The summed E-state index contributed by atoms with van der Waals surface area (Å²) in [5, 5.41) is 8.94. The van der Waals surface area contributed by atoms with Crippen molar-refractivity contribution in [3.8, 4) is 0 Å². The minimum absolute atomic E-state index is 0.171. The second kappa shape index (κ2) is 5.43. The van der Waals surface area contributed by atoms with E-state index in [4.69, 9.17) is 5.11 Å². The monoisotopic (exact) mass is 261 g/mol. The van der Waals surface area contributed by atoms with Gasteiger partial charge in [-0.15, -0.1) is 0 Å². The molecule has 1 saturated carbocycles. The highest BCUT2D eigenvalue weighted by Gasteiger charge is 2.28. The number of aryl methyl sites for hydroxylation is 2. The van der Waals surface area contributed by atoms with Gasteiger partial charge >= 0.3 is 5.97 Å².